The SMILES string of the molecule is CCn1c(-c2ncnc3nc[nH]c23)nnc1N1CCc2cc(F)cc(Cl)c2C1. The number of anilines is 1. The summed E-state index contributed by atoms with van der Waals surface area (Å²) in [4.78, 5) is 17.9. The van der Waals surface area contributed by atoms with E-state index in [1.54, 1.807) is 12.4 Å². The Morgan fingerprint density at radius 2 is 2.11 bits per heavy atom. The van der Waals surface area contributed by atoms with Gasteiger partial charge in [0.1, 0.15) is 23.4 Å². The monoisotopic (exact) mass is 398 g/mol. The minimum absolute atomic E-state index is 0.302. The van der Waals surface area contributed by atoms with Crippen molar-refractivity contribution in [2.75, 3.05) is 11.4 Å². The normalized spacial score (nSPS) is 13.9. The van der Waals surface area contributed by atoms with Crippen molar-refractivity contribution >= 4 is 28.7 Å². The molecular formula is C18H16ClFN8. The lowest BCUT2D eigenvalue weighted by molar-refractivity contribution is 0.615. The molecule has 0 spiro atoms. The van der Waals surface area contributed by atoms with Crippen LogP contribution in [0.25, 0.3) is 22.7 Å². The lowest BCUT2D eigenvalue weighted by atomic mass is 10.00. The van der Waals surface area contributed by atoms with E-state index in [0.717, 1.165) is 22.6 Å². The van der Waals surface area contributed by atoms with Crippen LogP contribution in [0, 0.1) is 5.82 Å². The fourth-order valence-corrected chi connectivity index (χ4v) is 3.97. The molecule has 0 atom stereocenters. The molecule has 0 aliphatic carbocycles. The Balaban J connectivity index is 1.56. The zero-order valence-electron chi connectivity index (χ0n) is 15.0. The predicted octanol–water partition coefficient (Wildman–Crippen LogP) is 2.99. The number of aromatic nitrogens is 7. The number of fused-ring (bicyclic) bond motifs is 2. The van der Waals surface area contributed by atoms with Gasteiger partial charge >= 0.3 is 0 Å². The van der Waals surface area contributed by atoms with E-state index in [-0.39, 0.29) is 5.82 Å². The molecule has 0 radical (unpaired) electrons. The van der Waals surface area contributed by atoms with Crippen molar-refractivity contribution in [3.8, 4) is 11.5 Å². The van der Waals surface area contributed by atoms with Gasteiger partial charge in [0, 0.05) is 24.7 Å². The summed E-state index contributed by atoms with van der Waals surface area (Å²) in [5, 5.41) is 9.26. The topological polar surface area (TPSA) is 88.4 Å². The van der Waals surface area contributed by atoms with Crippen LogP contribution in [0.5, 0.6) is 0 Å². The number of imidazole rings is 1. The third kappa shape index (κ3) is 2.62. The fraction of sp³-hybridized carbons (Fsp3) is 0.278. The molecule has 3 aromatic heterocycles. The molecule has 0 amide bonds. The summed E-state index contributed by atoms with van der Waals surface area (Å²) in [5.41, 5.74) is 3.83. The van der Waals surface area contributed by atoms with Crippen LogP contribution >= 0.6 is 11.6 Å². The van der Waals surface area contributed by atoms with Gasteiger partial charge in [0.25, 0.3) is 0 Å². The molecular weight excluding hydrogens is 383 g/mol. The number of halogens is 2. The number of nitrogens with one attached hydrogen (secondary N) is 1. The first-order chi connectivity index (χ1) is 13.7. The third-order valence-corrected chi connectivity index (χ3v) is 5.36. The molecule has 0 saturated heterocycles. The standard InChI is InChI=1S/C18H16ClFN8/c1-2-28-17(15-14-16(23-8-21-14)24-9-22-15)25-26-18(28)27-4-3-10-5-11(20)6-13(19)12(10)7-27/h5-6,8-9H,2-4,7H2,1H3,(H,21,22,23,24). The lowest BCUT2D eigenvalue weighted by Crippen LogP contribution is -2.33. The minimum Gasteiger partial charge on any atom is -0.341 e. The van der Waals surface area contributed by atoms with E-state index < -0.39 is 0 Å². The van der Waals surface area contributed by atoms with Gasteiger partial charge in [0.05, 0.1) is 6.33 Å². The van der Waals surface area contributed by atoms with Crippen molar-refractivity contribution in [1.82, 2.24) is 34.7 Å². The molecule has 0 fully saturated rings. The molecule has 10 heteroatoms. The van der Waals surface area contributed by atoms with Gasteiger partial charge in [0.15, 0.2) is 11.5 Å². The second-order valence-corrected chi connectivity index (χ2v) is 7.00. The molecule has 5 rings (SSSR count). The number of benzene rings is 1. The molecule has 1 N–H and O–H groups in total. The molecule has 1 aromatic carbocycles. The maximum absolute atomic E-state index is 13.6. The van der Waals surface area contributed by atoms with Gasteiger partial charge < -0.3 is 9.88 Å². The van der Waals surface area contributed by atoms with Gasteiger partial charge in [-0.1, -0.05) is 11.6 Å². The van der Waals surface area contributed by atoms with Crippen molar-refractivity contribution in [3.63, 3.8) is 0 Å². The number of rotatable bonds is 3. The van der Waals surface area contributed by atoms with Gasteiger partial charge in [-0.2, -0.15) is 0 Å². The average molecular weight is 399 g/mol. The Labute approximate surface area is 164 Å². The van der Waals surface area contributed by atoms with Crippen molar-refractivity contribution in [2.45, 2.75) is 26.4 Å². The number of nitrogens with zero attached hydrogens (tertiary/aromatic N) is 7. The molecule has 4 aromatic rings. The second kappa shape index (κ2) is 6.52. The van der Waals surface area contributed by atoms with E-state index >= 15 is 0 Å². The number of hydrogen-bond donors (Lipinski definition) is 1. The van der Waals surface area contributed by atoms with Gasteiger partial charge in [-0.3, -0.25) is 4.57 Å². The molecule has 0 unspecified atom stereocenters. The zero-order chi connectivity index (χ0) is 19.3. The van der Waals surface area contributed by atoms with Crippen molar-refractivity contribution < 1.29 is 4.39 Å². The highest BCUT2D eigenvalue weighted by Crippen LogP contribution is 2.31. The zero-order valence-corrected chi connectivity index (χ0v) is 15.8. The molecule has 8 nitrogen and oxygen atoms in total. The Bertz CT molecular complexity index is 1180. The molecule has 142 valence electrons. The maximum atomic E-state index is 13.6. The van der Waals surface area contributed by atoms with Crippen molar-refractivity contribution in [2.24, 2.45) is 0 Å². The highest BCUT2D eigenvalue weighted by molar-refractivity contribution is 6.31. The smallest absolute Gasteiger partial charge is 0.227 e. The van der Waals surface area contributed by atoms with Crippen molar-refractivity contribution in [1.29, 1.82) is 0 Å². The van der Waals surface area contributed by atoms with E-state index in [9.17, 15) is 4.39 Å². The van der Waals surface area contributed by atoms with Crippen LogP contribution in [-0.4, -0.2) is 41.2 Å². The molecule has 0 bridgehead atoms. The summed E-state index contributed by atoms with van der Waals surface area (Å²) in [6, 6.07) is 2.92. The maximum Gasteiger partial charge on any atom is 0.227 e. The summed E-state index contributed by atoms with van der Waals surface area (Å²) >= 11 is 6.29. The highest BCUT2D eigenvalue weighted by Gasteiger charge is 2.26. The summed E-state index contributed by atoms with van der Waals surface area (Å²) in [7, 11) is 0. The number of H-pyrrole nitrogens is 1. The van der Waals surface area contributed by atoms with E-state index in [1.807, 2.05) is 11.5 Å². The Morgan fingerprint density at radius 1 is 1.21 bits per heavy atom. The molecule has 4 heterocycles. The van der Waals surface area contributed by atoms with E-state index in [2.05, 4.69) is 35.0 Å². The summed E-state index contributed by atoms with van der Waals surface area (Å²) in [5.74, 6) is 1.07. The number of hydrogen-bond acceptors (Lipinski definition) is 6. The average Bonchev–Trinajstić information content (AvgIpc) is 3.34. The quantitative estimate of drug-likeness (QED) is 0.570. The predicted molar refractivity (Wildman–Crippen MR) is 103 cm³/mol. The Kier molecular flexibility index (Phi) is 3.97. The largest absolute Gasteiger partial charge is 0.341 e. The van der Waals surface area contributed by atoms with Crippen LogP contribution in [0.2, 0.25) is 5.02 Å². The van der Waals surface area contributed by atoms with Gasteiger partial charge in [-0.15, -0.1) is 10.2 Å². The minimum atomic E-state index is -0.302. The molecule has 1 aliphatic rings. The van der Waals surface area contributed by atoms with Gasteiger partial charge in [0.2, 0.25) is 5.95 Å². The molecule has 0 saturated carbocycles. The first-order valence-corrected chi connectivity index (χ1v) is 9.33. The molecule has 1 aliphatic heterocycles. The van der Waals surface area contributed by atoms with E-state index in [1.165, 1.54) is 12.4 Å². The Morgan fingerprint density at radius 3 is 2.96 bits per heavy atom. The van der Waals surface area contributed by atoms with E-state index in [0.29, 0.717) is 48.2 Å². The first kappa shape index (κ1) is 17.1. The number of aromatic amines is 1. The van der Waals surface area contributed by atoms with Crippen molar-refractivity contribution in [3.05, 3.63) is 46.8 Å². The van der Waals surface area contributed by atoms with Crippen LogP contribution in [0.4, 0.5) is 10.3 Å². The van der Waals surface area contributed by atoms with Crippen LogP contribution in [0.1, 0.15) is 18.1 Å². The van der Waals surface area contributed by atoms with Gasteiger partial charge in [-0.05, 0) is 36.6 Å². The molecule has 28 heavy (non-hydrogen) atoms. The highest BCUT2D eigenvalue weighted by atomic mass is 35.5. The second-order valence-electron chi connectivity index (χ2n) is 6.59. The van der Waals surface area contributed by atoms with E-state index in [4.69, 9.17) is 11.6 Å². The lowest BCUT2D eigenvalue weighted by Gasteiger charge is -2.30. The van der Waals surface area contributed by atoms with Gasteiger partial charge in [-0.25, -0.2) is 19.3 Å². The summed E-state index contributed by atoms with van der Waals surface area (Å²) in [6.45, 7) is 3.95. The Hall–Kier alpha value is -3.07. The van der Waals surface area contributed by atoms with Crippen LogP contribution in [0.15, 0.2) is 24.8 Å². The summed E-state index contributed by atoms with van der Waals surface area (Å²) in [6.07, 6.45) is 3.74. The fourth-order valence-electron chi connectivity index (χ4n) is 3.68. The van der Waals surface area contributed by atoms with Crippen LogP contribution < -0.4 is 4.90 Å². The van der Waals surface area contributed by atoms with Crippen LogP contribution in [0.3, 0.4) is 0 Å². The third-order valence-electron chi connectivity index (χ3n) is 5.02. The first-order valence-electron chi connectivity index (χ1n) is 8.95. The summed E-state index contributed by atoms with van der Waals surface area (Å²) < 4.78 is 15.6. The van der Waals surface area contributed by atoms with Crippen LogP contribution in [-0.2, 0) is 19.5 Å².